The fourth-order valence-corrected chi connectivity index (χ4v) is 1.92. The molecule has 0 atom stereocenters. The van der Waals surface area contributed by atoms with Crippen molar-refractivity contribution >= 4 is 11.6 Å². The zero-order valence-corrected chi connectivity index (χ0v) is 12.1. The Bertz CT molecular complexity index is 831. The molecule has 3 rings (SSSR count). The summed E-state index contributed by atoms with van der Waals surface area (Å²) in [5.74, 6) is -0.715. The lowest BCUT2D eigenvalue weighted by Crippen LogP contribution is -2.12. The second-order valence-electron chi connectivity index (χ2n) is 4.57. The van der Waals surface area contributed by atoms with Crippen molar-refractivity contribution in [2.24, 2.45) is 0 Å². The molecule has 0 spiro atoms. The third-order valence-electron chi connectivity index (χ3n) is 3.07. The van der Waals surface area contributed by atoms with Gasteiger partial charge in [0.2, 0.25) is 0 Å². The fourth-order valence-electron chi connectivity index (χ4n) is 1.92. The summed E-state index contributed by atoms with van der Waals surface area (Å²) in [6.07, 6.45) is 0. The highest BCUT2D eigenvalue weighted by molar-refractivity contribution is 6.00. The number of nitrogens with one attached hydrogen (secondary N) is 1. The van der Waals surface area contributed by atoms with Gasteiger partial charge in [-0.2, -0.15) is 0 Å². The van der Waals surface area contributed by atoms with E-state index in [1.807, 2.05) is 0 Å². The molecule has 1 heterocycles. The maximum atomic E-state index is 13.7. The van der Waals surface area contributed by atoms with E-state index in [4.69, 9.17) is 9.15 Å². The number of hydrogen-bond acceptors (Lipinski definition) is 5. The van der Waals surface area contributed by atoms with Gasteiger partial charge in [-0.15, -0.1) is 10.2 Å². The number of methoxy groups -OCH3 is 1. The van der Waals surface area contributed by atoms with Crippen LogP contribution in [-0.4, -0.2) is 23.2 Å². The molecule has 0 fully saturated rings. The van der Waals surface area contributed by atoms with E-state index in [2.05, 4.69) is 15.5 Å². The van der Waals surface area contributed by atoms with E-state index in [0.717, 1.165) is 0 Å². The molecule has 0 bridgehead atoms. The molecule has 0 aliphatic heterocycles. The SMILES string of the molecule is COc1ccc(NC(=O)c2nnc(-c3ccccc3F)o2)cc1. The number of amides is 1. The number of carbonyl (C=O) groups excluding carboxylic acids is 1. The van der Waals surface area contributed by atoms with Crippen LogP contribution >= 0.6 is 0 Å². The van der Waals surface area contributed by atoms with Gasteiger partial charge in [0.15, 0.2) is 0 Å². The van der Waals surface area contributed by atoms with Gasteiger partial charge in [0.05, 0.1) is 12.7 Å². The maximum Gasteiger partial charge on any atom is 0.313 e. The summed E-state index contributed by atoms with van der Waals surface area (Å²) in [6.45, 7) is 0. The molecule has 116 valence electrons. The zero-order chi connectivity index (χ0) is 16.2. The average Bonchev–Trinajstić information content (AvgIpc) is 3.06. The van der Waals surface area contributed by atoms with Crippen molar-refractivity contribution in [3.05, 3.63) is 60.2 Å². The van der Waals surface area contributed by atoms with Gasteiger partial charge in [0.25, 0.3) is 5.89 Å². The van der Waals surface area contributed by atoms with Crippen molar-refractivity contribution < 1.29 is 18.3 Å². The van der Waals surface area contributed by atoms with Crippen LogP contribution in [0.4, 0.5) is 10.1 Å². The van der Waals surface area contributed by atoms with Crippen LogP contribution in [0.15, 0.2) is 52.9 Å². The molecule has 1 aromatic heterocycles. The van der Waals surface area contributed by atoms with E-state index in [-0.39, 0.29) is 17.3 Å². The first kappa shape index (κ1) is 14.7. The summed E-state index contributed by atoms with van der Waals surface area (Å²) in [6, 6.07) is 12.7. The van der Waals surface area contributed by atoms with Gasteiger partial charge >= 0.3 is 11.8 Å². The molecule has 0 aliphatic rings. The second kappa shape index (κ2) is 6.27. The molecule has 23 heavy (non-hydrogen) atoms. The van der Waals surface area contributed by atoms with Gasteiger partial charge in [-0.25, -0.2) is 4.39 Å². The van der Waals surface area contributed by atoms with Gasteiger partial charge in [0.1, 0.15) is 11.6 Å². The number of benzene rings is 2. The van der Waals surface area contributed by atoms with Gasteiger partial charge in [-0.3, -0.25) is 4.79 Å². The normalized spacial score (nSPS) is 10.3. The summed E-state index contributed by atoms with van der Waals surface area (Å²) in [7, 11) is 1.55. The molecule has 7 heteroatoms. The van der Waals surface area contributed by atoms with Crippen LogP contribution in [-0.2, 0) is 0 Å². The predicted octanol–water partition coefficient (Wildman–Crippen LogP) is 3.14. The predicted molar refractivity (Wildman–Crippen MR) is 80.6 cm³/mol. The summed E-state index contributed by atoms with van der Waals surface area (Å²) in [4.78, 5) is 12.1. The smallest absolute Gasteiger partial charge is 0.313 e. The van der Waals surface area contributed by atoms with Crippen LogP contribution in [0.5, 0.6) is 5.75 Å². The maximum absolute atomic E-state index is 13.7. The number of ether oxygens (including phenoxy) is 1. The molecule has 0 aliphatic carbocycles. The van der Waals surface area contributed by atoms with Crippen molar-refractivity contribution in [1.29, 1.82) is 0 Å². The van der Waals surface area contributed by atoms with Crippen molar-refractivity contribution in [3.8, 4) is 17.2 Å². The monoisotopic (exact) mass is 313 g/mol. The molecule has 0 unspecified atom stereocenters. The number of carbonyl (C=O) groups is 1. The first-order valence-electron chi connectivity index (χ1n) is 6.71. The van der Waals surface area contributed by atoms with E-state index >= 15 is 0 Å². The number of hydrogen-bond donors (Lipinski definition) is 1. The average molecular weight is 313 g/mol. The summed E-state index contributed by atoms with van der Waals surface area (Å²) < 4.78 is 23.9. The molecule has 1 N–H and O–H groups in total. The number of halogens is 1. The highest BCUT2D eigenvalue weighted by Gasteiger charge is 2.17. The third-order valence-corrected chi connectivity index (χ3v) is 3.07. The minimum atomic E-state index is -0.578. The standard InChI is InChI=1S/C16H12FN3O3/c1-22-11-8-6-10(7-9-11)18-14(21)16-20-19-15(23-16)12-4-2-3-5-13(12)17/h2-9H,1H3,(H,18,21). The Kier molecular flexibility index (Phi) is 4.01. The van der Waals surface area contributed by atoms with E-state index in [9.17, 15) is 9.18 Å². The van der Waals surface area contributed by atoms with Crippen molar-refractivity contribution in [2.75, 3.05) is 12.4 Å². The first-order chi connectivity index (χ1) is 11.2. The Balaban J connectivity index is 1.77. The highest BCUT2D eigenvalue weighted by atomic mass is 19.1. The Hall–Kier alpha value is -3.22. The van der Waals surface area contributed by atoms with Gasteiger partial charge < -0.3 is 14.5 Å². The Morgan fingerprint density at radius 2 is 1.87 bits per heavy atom. The van der Waals surface area contributed by atoms with Crippen molar-refractivity contribution in [1.82, 2.24) is 10.2 Å². The van der Waals surface area contributed by atoms with Crippen LogP contribution in [0, 0.1) is 5.82 Å². The number of aromatic nitrogens is 2. The highest BCUT2D eigenvalue weighted by Crippen LogP contribution is 2.21. The van der Waals surface area contributed by atoms with E-state index < -0.39 is 11.7 Å². The van der Waals surface area contributed by atoms with Crippen LogP contribution < -0.4 is 10.1 Å². The molecule has 0 radical (unpaired) electrons. The van der Waals surface area contributed by atoms with E-state index in [1.54, 1.807) is 43.5 Å². The molecule has 2 aromatic carbocycles. The molecule has 0 saturated carbocycles. The van der Waals surface area contributed by atoms with Crippen LogP contribution in [0.2, 0.25) is 0 Å². The third kappa shape index (κ3) is 3.18. The van der Waals surface area contributed by atoms with Crippen LogP contribution in [0.3, 0.4) is 0 Å². The fraction of sp³-hybridized carbons (Fsp3) is 0.0625. The van der Waals surface area contributed by atoms with Crippen molar-refractivity contribution in [3.63, 3.8) is 0 Å². The van der Waals surface area contributed by atoms with Crippen LogP contribution in [0.25, 0.3) is 11.5 Å². The minimum Gasteiger partial charge on any atom is -0.497 e. The Labute approximate surface area is 130 Å². The van der Waals surface area contributed by atoms with E-state index in [1.165, 1.54) is 12.1 Å². The molecule has 3 aromatic rings. The number of nitrogens with zero attached hydrogens (tertiary/aromatic N) is 2. The number of anilines is 1. The summed E-state index contributed by atoms with van der Waals surface area (Å²) in [5.41, 5.74) is 0.685. The lowest BCUT2D eigenvalue weighted by molar-refractivity contribution is 0.0991. The summed E-state index contributed by atoms with van der Waals surface area (Å²) >= 11 is 0. The minimum absolute atomic E-state index is 0.0528. The quantitative estimate of drug-likeness (QED) is 0.800. The molecular formula is C16H12FN3O3. The zero-order valence-electron chi connectivity index (χ0n) is 12.1. The van der Waals surface area contributed by atoms with Gasteiger partial charge in [0, 0.05) is 5.69 Å². The van der Waals surface area contributed by atoms with Crippen molar-refractivity contribution in [2.45, 2.75) is 0 Å². The number of rotatable bonds is 4. The molecule has 0 saturated heterocycles. The van der Waals surface area contributed by atoms with Crippen LogP contribution in [0.1, 0.15) is 10.7 Å². The lowest BCUT2D eigenvalue weighted by atomic mass is 10.2. The van der Waals surface area contributed by atoms with Gasteiger partial charge in [-0.1, -0.05) is 12.1 Å². The molecular weight excluding hydrogens is 301 g/mol. The molecule has 6 nitrogen and oxygen atoms in total. The lowest BCUT2D eigenvalue weighted by Gasteiger charge is -2.03. The largest absolute Gasteiger partial charge is 0.497 e. The Morgan fingerprint density at radius 1 is 1.13 bits per heavy atom. The Morgan fingerprint density at radius 3 is 2.57 bits per heavy atom. The molecule has 1 amide bonds. The van der Waals surface area contributed by atoms with E-state index in [0.29, 0.717) is 11.4 Å². The topological polar surface area (TPSA) is 77.2 Å². The second-order valence-corrected chi connectivity index (χ2v) is 4.57. The summed E-state index contributed by atoms with van der Waals surface area (Å²) in [5, 5.41) is 9.95. The first-order valence-corrected chi connectivity index (χ1v) is 6.71. The van der Waals surface area contributed by atoms with Gasteiger partial charge in [-0.05, 0) is 36.4 Å².